The Labute approximate surface area is 136 Å². The normalized spacial score (nSPS) is 16.7. The summed E-state index contributed by atoms with van der Waals surface area (Å²) in [5.41, 5.74) is 2.32. The molecule has 23 heavy (non-hydrogen) atoms. The maximum absolute atomic E-state index is 5.36. The quantitative estimate of drug-likeness (QED) is 0.572. The van der Waals surface area contributed by atoms with Crippen LogP contribution in [0.4, 0.5) is 0 Å². The number of hydrogen-bond donors (Lipinski definition) is 3. The third-order valence-electron chi connectivity index (χ3n) is 4.08. The van der Waals surface area contributed by atoms with E-state index in [-0.39, 0.29) is 0 Å². The van der Waals surface area contributed by atoms with E-state index < -0.39 is 0 Å². The van der Waals surface area contributed by atoms with Crippen molar-refractivity contribution in [3.05, 3.63) is 36.0 Å². The lowest BCUT2D eigenvalue weighted by Crippen LogP contribution is -2.44. The summed E-state index contributed by atoms with van der Waals surface area (Å²) in [4.78, 5) is 10.1. The van der Waals surface area contributed by atoms with Gasteiger partial charge in [0.05, 0.1) is 19.8 Å². The molecule has 124 valence electrons. The third kappa shape index (κ3) is 4.46. The van der Waals surface area contributed by atoms with Crippen molar-refractivity contribution in [2.45, 2.75) is 6.54 Å². The van der Waals surface area contributed by atoms with Gasteiger partial charge < -0.3 is 20.4 Å². The summed E-state index contributed by atoms with van der Waals surface area (Å²) >= 11 is 0. The zero-order valence-electron chi connectivity index (χ0n) is 13.6. The van der Waals surface area contributed by atoms with Crippen molar-refractivity contribution in [1.82, 2.24) is 20.5 Å². The number of benzene rings is 1. The minimum atomic E-state index is 0.728. The summed E-state index contributed by atoms with van der Waals surface area (Å²) in [5.74, 6) is 0.830. The zero-order chi connectivity index (χ0) is 15.9. The number of para-hydroxylation sites is 1. The van der Waals surface area contributed by atoms with E-state index in [0.29, 0.717) is 0 Å². The molecule has 6 nitrogen and oxygen atoms in total. The van der Waals surface area contributed by atoms with E-state index in [1.54, 1.807) is 7.05 Å². The smallest absolute Gasteiger partial charge is 0.191 e. The van der Waals surface area contributed by atoms with E-state index in [9.17, 15) is 0 Å². The summed E-state index contributed by atoms with van der Waals surface area (Å²) in [6.07, 6.45) is 0. The van der Waals surface area contributed by atoms with Gasteiger partial charge in [-0.3, -0.25) is 9.89 Å². The molecule has 0 atom stereocenters. The SMILES string of the molecule is CN=C(NCCN1CCOCC1)NCc1cc2ccccc2[nH]1. The van der Waals surface area contributed by atoms with Crippen molar-refractivity contribution in [2.24, 2.45) is 4.99 Å². The lowest BCUT2D eigenvalue weighted by Gasteiger charge is -2.26. The molecule has 6 heteroatoms. The fraction of sp³-hybridized carbons (Fsp3) is 0.471. The molecule has 0 spiro atoms. The van der Waals surface area contributed by atoms with Gasteiger partial charge in [0.1, 0.15) is 0 Å². The molecule has 1 saturated heterocycles. The Bertz CT molecular complexity index is 612. The second-order valence-corrected chi connectivity index (χ2v) is 5.69. The van der Waals surface area contributed by atoms with Gasteiger partial charge in [-0.15, -0.1) is 0 Å². The number of guanidine groups is 1. The van der Waals surface area contributed by atoms with Gasteiger partial charge in [0.25, 0.3) is 0 Å². The number of morpholine rings is 1. The first-order valence-electron chi connectivity index (χ1n) is 8.16. The number of nitrogens with zero attached hydrogens (tertiary/aromatic N) is 2. The van der Waals surface area contributed by atoms with Crippen LogP contribution in [0.5, 0.6) is 0 Å². The highest BCUT2D eigenvalue weighted by atomic mass is 16.5. The standard InChI is InChI=1S/C17H25N5O/c1-18-17(19-6-7-22-8-10-23-11-9-22)20-13-15-12-14-4-2-3-5-16(14)21-15/h2-5,12,21H,6-11,13H2,1H3,(H2,18,19,20). The Kier molecular flexibility index (Phi) is 5.50. The molecule has 0 saturated carbocycles. The van der Waals surface area contributed by atoms with Gasteiger partial charge in [-0.2, -0.15) is 0 Å². The van der Waals surface area contributed by atoms with E-state index in [0.717, 1.165) is 57.6 Å². The number of hydrogen-bond acceptors (Lipinski definition) is 3. The molecular formula is C17H25N5O. The fourth-order valence-electron chi connectivity index (χ4n) is 2.79. The summed E-state index contributed by atoms with van der Waals surface area (Å²) < 4.78 is 5.36. The van der Waals surface area contributed by atoms with Gasteiger partial charge in [0, 0.05) is 44.4 Å². The minimum absolute atomic E-state index is 0.728. The number of ether oxygens (including phenoxy) is 1. The maximum Gasteiger partial charge on any atom is 0.191 e. The number of rotatable bonds is 5. The molecule has 0 bridgehead atoms. The van der Waals surface area contributed by atoms with Crippen LogP contribution in [0.2, 0.25) is 0 Å². The van der Waals surface area contributed by atoms with Crippen molar-refractivity contribution >= 4 is 16.9 Å². The van der Waals surface area contributed by atoms with Gasteiger partial charge >= 0.3 is 0 Å². The first kappa shape index (κ1) is 15.8. The molecule has 1 aromatic carbocycles. The molecule has 1 aromatic heterocycles. The molecule has 3 N–H and O–H groups in total. The zero-order valence-corrected chi connectivity index (χ0v) is 13.6. The Balaban J connectivity index is 1.43. The molecule has 1 fully saturated rings. The second-order valence-electron chi connectivity index (χ2n) is 5.69. The van der Waals surface area contributed by atoms with Crippen LogP contribution in [-0.4, -0.2) is 62.3 Å². The number of aromatic amines is 1. The minimum Gasteiger partial charge on any atom is -0.379 e. The van der Waals surface area contributed by atoms with E-state index >= 15 is 0 Å². The molecular weight excluding hydrogens is 290 g/mol. The molecule has 1 aliphatic heterocycles. The van der Waals surface area contributed by atoms with Crippen LogP contribution in [0, 0.1) is 0 Å². The molecule has 2 heterocycles. The topological polar surface area (TPSA) is 64.7 Å². The highest BCUT2D eigenvalue weighted by Crippen LogP contribution is 2.14. The summed E-state index contributed by atoms with van der Waals surface area (Å²) in [6.45, 7) is 6.33. The lowest BCUT2D eigenvalue weighted by atomic mass is 10.2. The molecule has 0 amide bonds. The molecule has 3 rings (SSSR count). The van der Waals surface area contributed by atoms with Crippen molar-refractivity contribution in [3.8, 4) is 0 Å². The Morgan fingerprint density at radius 1 is 1.26 bits per heavy atom. The van der Waals surface area contributed by atoms with Crippen molar-refractivity contribution in [1.29, 1.82) is 0 Å². The average molecular weight is 315 g/mol. The van der Waals surface area contributed by atoms with Gasteiger partial charge in [0.2, 0.25) is 0 Å². The summed E-state index contributed by atoms with van der Waals surface area (Å²) in [5, 5.41) is 7.95. The lowest BCUT2D eigenvalue weighted by molar-refractivity contribution is 0.0389. The number of aromatic nitrogens is 1. The van der Waals surface area contributed by atoms with Crippen LogP contribution in [0.15, 0.2) is 35.3 Å². The second kappa shape index (κ2) is 7.99. The van der Waals surface area contributed by atoms with Gasteiger partial charge in [-0.1, -0.05) is 18.2 Å². The predicted molar refractivity (Wildman–Crippen MR) is 93.8 cm³/mol. The number of nitrogens with one attached hydrogen (secondary N) is 3. The van der Waals surface area contributed by atoms with Crippen LogP contribution < -0.4 is 10.6 Å². The first-order chi connectivity index (χ1) is 11.3. The Hall–Kier alpha value is -2.05. The number of fused-ring (bicyclic) bond motifs is 1. The van der Waals surface area contributed by atoms with Crippen molar-refractivity contribution in [3.63, 3.8) is 0 Å². The first-order valence-corrected chi connectivity index (χ1v) is 8.16. The fourth-order valence-corrected chi connectivity index (χ4v) is 2.79. The largest absolute Gasteiger partial charge is 0.379 e. The van der Waals surface area contributed by atoms with E-state index in [4.69, 9.17) is 4.74 Å². The highest BCUT2D eigenvalue weighted by molar-refractivity contribution is 5.81. The van der Waals surface area contributed by atoms with Gasteiger partial charge in [0.15, 0.2) is 5.96 Å². The molecule has 0 unspecified atom stereocenters. The molecule has 2 aromatic rings. The average Bonchev–Trinajstić information content (AvgIpc) is 3.01. The summed E-state index contributed by atoms with van der Waals surface area (Å²) in [7, 11) is 1.80. The van der Waals surface area contributed by atoms with Crippen LogP contribution >= 0.6 is 0 Å². The van der Waals surface area contributed by atoms with Crippen molar-refractivity contribution < 1.29 is 4.74 Å². The van der Waals surface area contributed by atoms with Crippen LogP contribution in [0.25, 0.3) is 10.9 Å². The van der Waals surface area contributed by atoms with Crippen LogP contribution in [-0.2, 0) is 11.3 Å². The van der Waals surface area contributed by atoms with E-state index in [2.05, 4.69) is 49.8 Å². The summed E-state index contributed by atoms with van der Waals surface area (Å²) in [6, 6.07) is 10.5. The van der Waals surface area contributed by atoms with E-state index in [1.807, 2.05) is 6.07 Å². The number of aliphatic imine (C=N–C) groups is 1. The molecule has 0 aliphatic carbocycles. The third-order valence-corrected chi connectivity index (χ3v) is 4.08. The number of H-pyrrole nitrogens is 1. The predicted octanol–water partition coefficient (Wildman–Crippen LogP) is 1.17. The van der Waals surface area contributed by atoms with E-state index in [1.165, 1.54) is 10.9 Å². The maximum atomic E-state index is 5.36. The van der Waals surface area contributed by atoms with Crippen LogP contribution in [0.1, 0.15) is 5.69 Å². The molecule has 0 radical (unpaired) electrons. The van der Waals surface area contributed by atoms with Crippen LogP contribution in [0.3, 0.4) is 0 Å². The Morgan fingerprint density at radius 2 is 2.09 bits per heavy atom. The molecule has 1 aliphatic rings. The van der Waals surface area contributed by atoms with Crippen molar-refractivity contribution in [2.75, 3.05) is 46.4 Å². The highest BCUT2D eigenvalue weighted by Gasteiger charge is 2.09. The monoisotopic (exact) mass is 315 g/mol. The van der Waals surface area contributed by atoms with Gasteiger partial charge in [-0.25, -0.2) is 0 Å². The van der Waals surface area contributed by atoms with Gasteiger partial charge in [-0.05, 0) is 17.5 Å². The Morgan fingerprint density at radius 3 is 2.87 bits per heavy atom.